The maximum absolute atomic E-state index is 13.1. The number of rotatable bonds is 77. The lowest BCUT2D eigenvalue weighted by Crippen LogP contribution is -2.30. The van der Waals surface area contributed by atoms with Crippen LogP contribution in [0.3, 0.4) is 0 Å². The summed E-state index contributed by atoms with van der Waals surface area (Å²) in [6, 6.07) is 0. The second-order valence-electron chi connectivity index (χ2n) is 28.0. The number of unbranched alkanes of at least 4 members (excludes halogenated alkanes) is 48. The lowest BCUT2D eigenvalue weighted by Gasteiger charge is -2.21. The summed E-state index contributed by atoms with van der Waals surface area (Å²) < 4.78 is 68.6. The van der Waals surface area contributed by atoms with E-state index in [1.807, 2.05) is 0 Å². The van der Waals surface area contributed by atoms with Gasteiger partial charge in [-0.2, -0.15) is 0 Å². The molecule has 96 heavy (non-hydrogen) atoms. The molecule has 0 fully saturated rings. The molecule has 19 heteroatoms. The fraction of sp³-hybridized carbons (Fsp3) is 0.948. The van der Waals surface area contributed by atoms with Gasteiger partial charge < -0.3 is 33.8 Å². The van der Waals surface area contributed by atoms with Gasteiger partial charge in [-0.15, -0.1) is 0 Å². The van der Waals surface area contributed by atoms with Crippen molar-refractivity contribution in [1.29, 1.82) is 0 Å². The molecule has 0 amide bonds. The van der Waals surface area contributed by atoms with E-state index in [-0.39, 0.29) is 25.7 Å². The number of aliphatic hydroxyl groups is 1. The van der Waals surface area contributed by atoms with Gasteiger partial charge in [-0.25, -0.2) is 9.13 Å². The Morgan fingerprint density at radius 2 is 0.500 bits per heavy atom. The second-order valence-corrected chi connectivity index (χ2v) is 30.9. The zero-order chi connectivity index (χ0) is 70.5. The Balaban J connectivity index is 5.24. The monoisotopic (exact) mass is 1410 g/mol. The van der Waals surface area contributed by atoms with Crippen molar-refractivity contribution in [2.75, 3.05) is 39.6 Å². The zero-order valence-corrected chi connectivity index (χ0v) is 64.3. The number of ether oxygens (including phenoxy) is 4. The van der Waals surface area contributed by atoms with Gasteiger partial charge in [-0.05, 0) is 31.6 Å². The van der Waals surface area contributed by atoms with E-state index in [2.05, 4.69) is 34.6 Å². The highest BCUT2D eigenvalue weighted by Gasteiger charge is 2.30. The molecular weight excluding hydrogens is 1260 g/mol. The van der Waals surface area contributed by atoms with Gasteiger partial charge >= 0.3 is 39.5 Å². The number of phosphoric ester groups is 2. The van der Waals surface area contributed by atoms with Crippen molar-refractivity contribution < 1.29 is 80.2 Å². The van der Waals surface area contributed by atoms with E-state index < -0.39 is 97.5 Å². The minimum absolute atomic E-state index is 0.108. The fourth-order valence-electron chi connectivity index (χ4n) is 11.8. The van der Waals surface area contributed by atoms with Gasteiger partial charge in [0, 0.05) is 25.7 Å². The van der Waals surface area contributed by atoms with Gasteiger partial charge in [-0.1, -0.05) is 356 Å². The van der Waals surface area contributed by atoms with Crippen LogP contribution in [0.15, 0.2) is 0 Å². The molecule has 0 saturated carbocycles. The van der Waals surface area contributed by atoms with Crippen LogP contribution in [0.1, 0.15) is 407 Å². The van der Waals surface area contributed by atoms with E-state index >= 15 is 0 Å². The summed E-state index contributed by atoms with van der Waals surface area (Å²) in [5.41, 5.74) is 0. The summed E-state index contributed by atoms with van der Waals surface area (Å²) in [5, 5.41) is 10.6. The van der Waals surface area contributed by atoms with Crippen LogP contribution in [0, 0.1) is 5.92 Å². The molecule has 3 N–H and O–H groups in total. The van der Waals surface area contributed by atoms with E-state index in [1.54, 1.807) is 0 Å². The third kappa shape index (κ3) is 69.2. The highest BCUT2D eigenvalue weighted by atomic mass is 31.2. The van der Waals surface area contributed by atoms with Crippen molar-refractivity contribution in [3.8, 4) is 0 Å². The van der Waals surface area contributed by atoms with Gasteiger partial charge in [0.25, 0.3) is 0 Å². The summed E-state index contributed by atoms with van der Waals surface area (Å²) in [6.45, 7) is 7.33. The first-order valence-electron chi connectivity index (χ1n) is 40.2. The number of hydrogen-bond donors (Lipinski definition) is 3. The summed E-state index contributed by atoms with van der Waals surface area (Å²) in [7, 11) is -9.91. The highest BCUT2D eigenvalue weighted by Crippen LogP contribution is 2.45. The van der Waals surface area contributed by atoms with E-state index in [0.29, 0.717) is 25.7 Å². The van der Waals surface area contributed by atoms with E-state index in [1.165, 1.54) is 231 Å². The van der Waals surface area contributed by atoms with Crippen LogP contribution in [0.4, 0.5) is 0 Å². The zero-order valence-electron chi connectivity index (χ0n) is 62.5. The van der Waals surface area contributed by atoms with E-state index in [0.717, 1.165) is 95.8 Å². The first kappa shape index (κ1) is 94.1. The average molecular weight is 1410 g/mol. The number of aliphatic hydroxyl groups excluding tert-OH is 1. The SMILES string of the molecule is CCCCCCCCCCCCCCCCCCCCC(=O)O[C@H](COC(=O)CCCCCCCCCCCCC(C)CC)COP(=O)(O)OC[C@@H](O)COP(=O)(O)OC[C@@H](COC(=O)CCCCCCCCCCCC)OC(=O)CCCCCCCCCCCCCCCC. The van der Waals surface area contributed by atoms with Crippen LogP contribution in [0.2, 0.25) is 0 Å². The Morgan fingerprint density at radius 3 is 0.740 bits per heavy atom. The Hall–Kier alpha value is -1.94. The van der Waals surface area contributed by atoms with Crippen molar-refractivity contribution in [2.24, 2.45) is 5.92 Å². The Labute approximate surface area is 588 Å². The molecule has 0 radical (unpaired) electrons. The van der Waals surface area contributed by atoms with Crippen LogP contribution < -0.4 is 0 Å². The molecule has 0 rings (SSSR count). The minimum Gasteiger partial charge on any atom is -0.462 e. The van der Waals surface area contributed by atoms with Gasteiger partial charge in [0.15, 0.2) is 12.2 Å². The molecule has 17 nitrogen and oxygen atoms in total. The molecule has 0 aliphatic heterocycles. The van der Waals surface area contributed by atoms with E-state index in [9.17, 15) is 43.2 Å². The summed E-state index contributed by atoms with van der Waals surface area (Å²) in [4.78, 5) is 72.9. The largest absolute Gasteiger partial charge is 0.472 e. The third-order valence-electron chi connectivity index (χ3n) is 18.4. The van der Waals surface area contributed by atoms with Gasteiger partial charge in [-0.3, -0.25) is 37.3 Å². The Bertz CT molecular complexity index is 1840. The predicted molar refractivity (Wildman–Crippen MR) is 391 cm³/mol. The molecule has 0 saturated heterocycles. The summed E-state index contributed by atoms with van der Waals surface area (Å²) in [6.07, 6.45) is 59.4. The quantitative estimate of drug-likeness (QED) is 0.0222. The predicted octanol–water partition coefficient (Wildman–Crippen LogP) is 22.9. The number of hydrogen-bond acceptors (Lipinski definition) is 15. The van der Waals surface area contributed by atoms with Crippen molar-refractivity contribution in [3.05, 3.63) is 0 Å². The van der Waals surface area contributed by atoms with Crippen molar-refractivity contribution >= 4 is 39.5 Å². The van der Waals surface area contributed by atoms with Crippen LogP contribution in [0.5, 0.6) is 0 Å². The van der Waals surface area contributed by atoms with Crippen molar-refractivity contribution in [2.45, 2.75) is 425 Å². The fourth-order valence-corrected chi connectivity index (χ4v) is 13.4. The molecule has 0 aliphatic rings. The maximum atomic E-state index is 13.1. The summed E-state index contributed by atoms with van der Waals surface area (Å²) in [5.74, 6) is -1.30. The van der Waals surface area contributed by atoms with Gasteiger partial charge in [0.1, 0.15) is 19.3 Å². The highest BCUT2D eigenvalue weighted by molar-refractivity contribution is 7.47. The standard InChI is InChI=1S/C77H150O17P2/c1-6-10-13-16-19-22-25-27-29-30-31-32-34-36-43-48-53-58-63-77(82)94-73(67-88-75(80)61-56-51-46-41-38-37-39-44-49-54-59-70(5)9-4)69-92-96(85,86)90-65-71(78)64-89-95(83,84)91-68-72(66-87-74(79)60-55-50-45-40-24-21-18-15-12-8-3)93-76(81)62-57-52-47-42-35-33-28-26-23-20-17-14-11-7-2/h70-73,78H,6-69H2,1-5H3,(H,83,84)(H,85,86)/t70?,71-,72+,73+/m0/s1. The first-order valence-corrected chi connectivity index (χ1v) is 43.2. The Morgan fingerprint density at radius 1 is 0.292 bits per heavy atom. The van der Waals surface area contributed by atoms with Crippen LogP contribution in [0.25, 0.3) is 0 Å². The normalized spacial score (nSPS) is 14.2. The maximum Gasteiger partial charge on any atom is 0.472 e. The number of phosphoric acid groups is 2. The molecule has 0 aromatic rings. The lowest BCUT2D eigenvalue weighted by molar-refractivity contribution is -0.161. The molecule has 0 heterocycles. The van der Waals surface area contributed by atoms with E-state index in [4.69, 9.17) is 37.0 Å². The number of carbonyl (C=O) groups excluding carboxylic acids is 4. The molecule has 6 atom stereocenters. The molecule has 0 aromatic heterocycles. The lowest BCUT2D eigenvalue weighted by atomic mass is 9.99. The minimum atomic E-state index is -4.96. The topological polar surface area (TPSA) is 237 Å². The number of esters is 4. The van der Waals surface area contributed by atoms with Crippen LogP contribution >= 0.6 is 15.6 Å². The Kier molecular flexibility index (Phi) is 68.7. The first-order chi connectivity index (χ1) is 46.6. The van der Waals surface area contributed by atoms with Gasteiger partial charge in [0.2, 0.25) is 0 Å². The van der Waals surface area contributed by atoms with Crippen LogP contribution in [-0.2, 0) is 65.4 Å². The van der Waals surface area contributed by atoms with Crippen molar-refractivity contribution in [1.82, 2.24) is 0 Å². The molecule has 570 valence electrons. The molecular formula is C77H150O17P2. The van der Waals surface area contributed by atoms with Crippen molar-refractivity contribution in [3.63, 3.8) is 0 Å². The molecule has 0 spiro atoms. The molecule has 0 bridgehead atoms. The van der Waals surface area contributed by atoms with Gasteiger partial charge in [0.05, 0.1) is 26.4 Å². The average Bonchev–Trinajstić information content (AvgIpc) is 1.86. The molecule has 0 aliphatic carbocycles. The number of carbonyl (C=O) groups is 4. The second kappa shape index (κ2) is 70.1. The van der Waals surface area contributed by atoms with Crippen LogP contribution in [-0.4, -0.2) is 96.7 Å². The summed E-state index contributed by atoms with van der Waals surface area (Å²) >= 11 is 0. The molecule has 0 aromatic carbocycles. The third-order valence-corrected chi connectivity index (χ3v) is 20.3. The smallest absolute Gasteiger partial charge is 0.462 e. The molecule has 3 unspecified atom stereocenters.